The maximum Gasteiger partial charge on any atom is 0.183 e. The van der Waals surface area contributed by atoms with Crippen LogP contribution in [0.5, 0.6) is 0 Å². The number of guanidine groups is 1. The Morgan fingerprint density at radius 2 is 1.45 bits per heavy atom. The fourth-order valence-electron chi connectivity index (χ4n) is 0.285. The predicted octanol–water partition coefficient (Wildman–Crippen LogP) is -0.607. The van der Waals surface area contributed by atoms with Crippen molar-refractivity contribution >= 4 is 18.5 Å². The molecule has 0 saturated heterocycles. The van der Waals surface area contributed by atoms with Crippen molar-refractivity contribution in [2.24, 2.45) is 11.5 Å². The molecular formula is C6H13N3O2. The van der Waals surface area contributed by atoms with E-state index in [4.69, 9.17) is 5.41 Å². The lowest BCUT2D eigenvalue weighted by Gasteiger charge is -1.78. The van der Waals surface area contributed by atoms with E-state index in [9.17, 15) is 9.59 Å². The third-order valence-electron chi connectivity index (χ3n) is 0.644. The Labute approximate surface area is 65.3 Å². The van der Waals surface area contributed by atoms with Crippen LogP contribution in [-0.2, 0) is 9.59 Å². The molecular weight excluding hydrogens is 146 g/mol. The van der Waals surface area contributed by atoms with Crippen LogP contribution >= 0.6 is 0 Å². The summed E-state index contributed by atoms with van der Waals surface area (Å²) < 4.78 is 0. The molecule has 0 heterocycles. The highest BCUT2D eigenvalue weighted by Gasteiger charge is 1.80. The van der Waals surface area contributed by atoms with Crippen LogP contribution in [-0.4, -0.2) is 18.5 Å². The molecule has 5 heteroatoms. The SMILES string of the molecule is N=C(N)N.O=CCCCC=O. The molecule has 11 heavy (non-hydrogen) atoms. The number of nitrogens with one attached hydrogen (secondary N) is 1. The van der Waals surface area contributed by atoms with Crippen LogP contribution in [0.3, 0.4) is 0 Å². The molecule has 5 nitrogen and oxygen atoms in total. The average Bonchev–Trinajstić information content (AvgIpc) is 1.88. The molecule has 0 atom stereocenters. The highest BCUT2D eigenvalue weighted by Crippen LogP contribution is 1.85. The molecule has 0 amide bonds. The first-order valence-electron chi connectivity index (χ1n) is 3.12. The topological polar surface area (TPSA) is 110 Å². The molecule has 0 rings (SSSR count). The Kier molecular flexibility index (Phi) is 12.8. The molecule has 0 aromatic carbocycles. The molecule has 0 spiro atoms. The number of unbranched alkanes of at least 4 members (excludes halogenated alkanes) is 2. The van der Waals surface area contributed by atoms with E-state index in [1.54, 1.807) is 0 Å². The lowest BCUT2D eigenvalue weighted by Crippen LogP contribution is -2.20. The summed E-state index contributed by atoms with van der Waals surface area (Å²) in [5.74, 6) is -0.333. The van der Waals surface area contributed by atoms with Crippen molar-refractivity contribution in [2.45, 2.75) is 19.3 Å². The minimum atomic E-state index is -0.333. The van der Waals surface area contributed by atoms with Gasteiger partial charge in [-0.3, -0.25) is 5.41 Å². The van der Waals surface area contributed by atoms with E-state index in [1.807, 2.05) is 0 Å². The van der Waals surface area contributed by atoms with E-state index in [2.05, 4.69) is 11.5 Å². The Bertz CT molecular complexity index is 113. The number of nitrogens with two attached hydrogens (primary N) is 2. The van der Waals surface area contributed by atoms with Gasteiger partial charge in [0.15, 0.2) is 5.96 Å². The van der Waals surface area contributed by atoms with Crippen molar-refractivity contribution in [3.8, 4) is 0 Å². The van der Waals surface area contributed by atoms with E-state index < -0.39 is 0 Å². The average molecular weight is 159 g/mol. The molecule has 0 aromatic rings. The summed E-state index contributed by atoms with van der Waals surface area (Å²) in [4.78, 5) is 19.1. The minimum absolute atomic E-state index is 0.333. The number of aldehydes is 2. The highest BCUT2D eigenvalue weighted by atomic mass is 16.1. The van der Waals surface area contributed by atoms with Gasteiger partial charge in [-0.15, -0.1) is 0 Å². The van der Waals surface area contributed by atoms with E-state index in [0.29, 0.717) is 19.3 Å². The summed E-state index contributed by atoms with van der Waals surface area (Å²) in [5, 5.41) is 6.06. The van der Waals surface area contributed by atoms with Crippen LogP contribution in [0, 0.1) is 5.41 Å². The molecule has 0 aliphatic heterocycles. The second-order valence-electron chi connectivity index (χ2n) is 1.72. The highest BCUT2D eigenvalue weighted by molar-refractivity contribution is 5.71. The molecule has 0 bridgehead atoms. The minimum Gasteiger partial charge on any atom is -0.370 e. The van der Waals surface area contributed by atoms with Gasteiger partial charge in [0.25, 0.3) is 0 Å². The van der Waals surface area contributed by atoms with Crippen molar-refractivity contribution in [1.29, 1.82) is 5.41 Å². The van der Waals surface area contributed by atoms with Gasteiger partial charge in [-0.1, -0.05) is 0 Å². The zero-order chi connectivity index (χ0) is 9.11. The fourth-order valence-corrected chi connectivity index (χ4v) is 0.285. The van der Waals surface area contributed by atoms with Crippen molar-refractivity contribution in [1.82, 2.24) is 0 Å². The summed E-state index contributed by atoms with van der Waals surface area (Å²) in [5.41, 5.74) is 8.94. The van der Waals surface area contributed by atoms with Crippen molar-refractivity contribution in [3.05, 3.63) is 0 Å². The molecule has 0 aliphatic carbocycles. The molecule has 0 aliphatic rings. The zero-order valence-corrected chi connectivity index (χ0v) is 6.25. The van der Waals surface area contributed by atoms with Crippen molar-refractivity contribution in [2.75, 3.05) is 0 Å². The van der Waals surface area contributed by atoms with E-state index in [-0.39, 0.29) is 5.96 Å². The van der Waals surface area contributed by atoms with Gasteiger partial charge < -0.3 is 21.1 Å². The summed E-state index contributed by atoms with van der Waals surface area (Å²) in [6.07, 6.45) is 3.37. The zero-order valence-electron chi connectivity index (χ0n) is 6.25. The quantitative estimate of drug-likeness (QED) is 0.220. The predicted molar refractivity (Wildman–Crippen MR) is 42.1 cm³/mol. The Morgan fingerprint density at radius 1 is 1.18 bits per heavy atom. The van der Waals surface area contributed by atoms with Crippen LogP contribution in [0.2, 0.25) is 0 Å². The van der Waals surface area contributed by atoms with Crippen LogP contribution < -0.4 is 11.5 Å². The largest absolute Gasteiger partial charge is 0.370 e. The van der Waals surface area contributed by atoms with E-state index >= 15 is 0 Å². The van der Waals surface area contributed by atoms with Crippen molar-refractivity contribution < 1.29 is 9.59 Å². The smallest absolute Gasteiger partial charge is 0.183 e. The third-order valence-corrected chi connectivity index (χ3v) is 0.644. The van der Waals surface area contributed by atoms with Gasteiger partial charge in [0.2, 0.25) is 0 Å². The van der Waals surface area contributed by atoms with Gasteiger partial charge >= 0.3 is 0 Å². The molecule has 64 valence electrons. The normalized spacial score (nSPS) is 7.27. The standard InChI is InChI=1S/C5H8O2.CH5N3/c6-4-2-1-3-5-7;2-1(3)4/h4-5H,1-3H2;(H5,2,3,4). The maximum absolute atomic E-state index is 9.56. The molecule has 0 unspecified atom stereocenters. The van der Waals surface area contributed by atoms with Gasteiger partial charge in [0.05, 0.1) is 0 Å². The first kappa shape index (κ1) is 12.3. The first-order valence-corrected chi connectivity index (χ1v) is 3.12. The number of carbonyl (C=O) groups is 2. The number of rotatable bonds is 4. The van der Waals surface area contributed by atoms with Crippen molar-refractivity contribution in [3.63, 3.8) is 0 Å². The van der Waals surface area contributed by atoms with Gasteiger partial charge in [-0.2, -0.15) is 0 Å². The van der Waals surface area contributed by atoms with E-state index in [1.165, 1.54) is 0 Å². The second-order valence-corrected chi connectivity index (χ2v) is 1.72. The number of hydrogen-bond acceptors (Lipinski definition) is 3. The number of carbonyl (C=O) groups excluding carboxylic acids is 2. The van der Waals surface area contributed by atoms with Crippen LogP contribution in [0.4, 0.5) is 0 Å². The Morgan fingerprint density at radius 3 is 1.64 bits per heavy atom. The summed E-state index contributed by atoms with van der Waals surface area (Å²) in [6.45, 7) is 0. The van der Waals surface area contributed by atoms with Crippen LogP contribution in [0.15, 0.2) is 0 Å². The maximum atomic E-state index is 9.56. The second kappa shape index (κ2) is 11.4. The number of hydrogen-bond donors (Lipinski definition) is 3. The van der Waals surface area contributed by atoms with Gasteiger partial charge in [-0.25, -0.2) is 0 Å². The molecule has 0 saturated carbocycles. The fraction of sp³-hybridized carbons (Fsp3) is 0.500. The monoisotopic (exact) mass is 159 g/mol. The third kappa shape index (κ3) is 55.2. The summed E-state index contributed by atoms with van der Waals surface area (Å²) in [7, 11) is 0. The first-order chi connectivity index (χ1) is 5.15. The lowest BCUT2D eigenvalue weighted by atomic mass is 10.3. The van der Waals surface area contributed by atoms with Gasteiger partial charge in [0.1, 0.15) is 12.6 Å². The van der Waals surface area contributed by atoms with Crippen LogP contribution in [0.1, 0.15) is 19.3 Å². The Balaban J connectivity index is 0. The summed E-state index contributed by atoms with van der Waals surface area (Å²) >= 11 is 0. The van der Waals surface area contributed by atoms with Crippen LogP contribution in [0.25, 0.3) is 0 Å². The Hall–Kier alpha value is -1.39. The van der Waals surface area contributed by atoms with Gasteiger partial charge in [0, 0.05) is 12.8 Å². The molecule has 0 aromatic heterocycles. The summed E-state index contributed by atoms with van der Waals surface area (Å²) in [6, 6.07) is 0. The van der Waals surface area contributed by atoms with Gasteiger partial charge in [-0.05, 0) is 6.42 Å². The molecule has 0 radical (unpaired) electrons. The van der Waals surface area contributed by atoms with E-state index in [0.717, 1.165) is 12.6 Å². The molecule has 5 N–H and O–H groups in total. The molecule has 0 fully saturated rings. The lowest BCUT2D eigenvalue weighted by molar-refractivity contribution is -0.108.